The molecular formula is C25H42N2O6. The van der Waals surface area contributed by atoms with Crippen molar-refractivity contribution in [1.82, 2.24) is 10.2 Å². The summed E-state index contributed by atoms with van der Waals surface area (Å²) in [6.07, 6.45) is 5.56. The average molecular weight is 467 g/mol. The molecule has 4 unspecified atom stereocenters. The average Bonchev–Trinajstić information content (AvgIpc) is 3.25. The van der Waals surface area contributed by atoms with Crippen LogP contribution in [0.5, 0.6) is 0 Å². The number of esters is 1. The quantitative estimate of drug-likeness (QED) is 0.338. The van der Waals surface area contributed by atoms with E-state index >= 15 is 0 Å². The van der Waals surface area contributed by atoms with E-state index in [1.807, 2.05) is 20.8 Å². The zero-order chi connectivity index (χ0) is 24.4. The Bertz CT molecular complexity index is 744. The first kappa shape index (κ1) is 25.9. The molecule has 33 heavy (non-hydrogen) atoms. The Morgan fingerprint density at radius 2 is 1.97 bits per heavy atom. The van der Waals surface area contributed by atoms with Crippen molar-refractivity contribution in [2.75, 3.05) is 19.8 Å². The van der Waals surface area contributed by atoms with Crippen molar-refractivity contribution in [3.05, 3.63) is 0 Å². The van der Waals surface area contributed by atoms with Gasteiger partial charge >= 0.3 is 5.97 Å². The zero-order valence-corrected chi connectivity index (χ0v) is 20.9. The molecule has 0 aromatic heterocycles. The Morgan fingerprint density at radius 1 is 1.27 bits per heavy atom. The lowest BCUT2D eigenvalue weighted by atomic mass is 9.62. The maximum Gasteiger partial charge on any atom is 0.312 e. The van der Waals surface area contributed by atoms with E-state index in [0.717, 1.165) is 38.5 Å². The summed E-state index contributed by atoms with van der Waals surface area (Å²) in [5.41, 5.74) is -1.84. The van der Waals surface area contributed by atoms with Crippen LogP contribution in [0.4, 0.5) is 0 Å². The lowest BCUT2D eigenvalue weighted by Crippen LogP contribution is -2.56. The Labute approximate surface area is 197 Å². The van der Waals surface area contributed by atoms with Crippen LogP contribution in [-0.2, 0) is 23.9 Å². The monoisotopic (exact) mass is 466 g/mol. The second-order valence-electron chi connectivity index (χ2n) is 10.3. The molecule has 3 aliphatic rings. The van der Waals surface area contributed by atoms with E-state index in [2.05, 4.69) is 12.2 Å². The summed E-state index contributed by atoms with van der Waals surface area (Å²) in [4.78, 5) is 42.2. The molecule has 3 rings (SSSR count). The van der Waals surface area contributed by atoms with E-state index in [1.54, 1.807) is 11.8 Å². The predicted molar refractivity (Wildman–Crippen MR) is 123 cm³/mol. The van der Waals surface area contributed by atoms with Crippen molar-refractivity contribution in [2.24, 2.45) is 17.8 Å². The Morgan fingerprint density at radius 3 is 2.61 bits per heavy atom. The van der Waals surface area contributed by atoms with E-state index < -0.39 is 35.0 Å². The van der Waals surface area contributed by atoms with Gasteiger partial charge in [0.05, 0.1) is 18.1 Å². The number of carbonyl (C=O) groups excluding carboxylic acids is 3. The number of aliphatic hydroxyl groups excluding tert-OH is 1. The first-order valence-corrected chi connectivity index (χ1v) is 12.8. The number of hydrogen-bond donors (Lipinski definition) is 2. The van der Waals surface area contributed by atoms with Gasteiger partial charge in [-0.1, -0.05) is 33.1 Å². The van der Waals surface area contributed by atoms with Crippen LogP contribution < -0.4 is 5.32 Å². The highest BCUT2D eigenvalue weighted by molar-refractivity contribution is 5.98. The summed E-state index contributed by atoms with van der Waals surface area (Å²) in [6.45, 7) is 10.6. The minimum atomic E-state index is -1.01. The topological polar surface area (TPSA) is 105 Å². The van der Waals surface area contributed by atoms with Crippen LogP contribution in [-0.4, -0.2) is 70.8 Å². The maximum absolute atomic E-state index is 13.8. The zero-order valence-electron chi connectivity index (χ0n) is 20.9. The van der Waals surface area contributed by atoms with Gasteiger partial charge in [-0.25, -0.2) is 0 Å². The summed E-state index contributed by atoms with van der Waals surface area (Å²) in [5, 5.41) is 12.1. The van der Waals surface area contributed by atoms with Gasteiger partial charge in [-0.15, -0.1) is 0 Å². The third kappa shape index (κ3) is 4.41. The van der Waals surface area contributed by atoms with Gasteiger partial charge in [0.15, 0.2) is 0 Å². The van der Waals surface area contributed by atoms with E-state index in [1.165, 1.54) is 0 Å². The molecule has 0 radical (unpaired) electrons. The first-order chi connectivity index (χ1) is 15.7. The molecule has 188 valence electrons. The molecule has 2 N–H and O–H groups in total. The first-order valence-electron chi connectivity index (χ1n) is 12.8. The van der Waals surface area contributed by atoms with Gasteiger partial charge in [-0.2, -0.15) is 0 Å². The van der Waals surface area contributed by atoms with Gasteiger partial charge in [0, 0.05) is 19.2 Å². The van der Waals surface area contributed by atoms with Crippen LogP contribution in [0.1, 0.15) is 79.6 Å². The second kappa shape index (κ2) is 10.3. The van der Waals surface area contributed by atoms with Gasteiger partial charge < -0.3 is 24.8 Å². The molecule has 3 heterocycles. The molecule has 7 atom stereocenters. The summed E-state index contributed by atoms with van der Waals surface area (Å²) >= 11 is 0. The van der Waals surface area contributed by atoms with E-state index in [0.29, 0.717) is 13.0 Å². The highest BCUT2D eigenvalue weighted by Gasteiger charge is 2.80. The number of carbonyl (C=O) groups is 3. The van der Waals surface area contributed by atoms with Crippen molar-refractivity contribution in [3.8, 4) is 0 Å². The summed E-state index contributed by atoms with van der Waals surface area (Å²) < 4.78 is 12.0. The van der Waals surface area contributed by atoms with Crippen molar-refractivity contribution in [1.29, 1.82) is 0 Å². The molecule has 0 aromatic carbocycles. The molecule has 3 aliphatic heterocycles. The Balaban J connectivity index is 1.94. The molecule has 8 nitrogen and oxygen atoms in total. The summed E-state index contributed by atoms with van der Waals surface area (Å²) in [5.74, 6) is -2.17. The smallest absolute Gasteiger partial charge is 0.312 e. The number of unbranched alkanes of at least 4 members (excludes halogenated alkanes) is 3. The molecular weight excluding hydrogens is 424 g/mol. The predicted octanol–water partition coefficient (Wildman–Crippen LogP) is 2.42. The van der Waals surface area contributed by atoms with Crippen LogP contribution in [0.2, 0.25) is 0 Å². The number of nitrogens with zero attached hydrogens (tertiary/aromatic N) is 1. The van der Waals surface area contributed by atoms with Gasteiger partial charge in [-0.3, -0.25) is 14.4 Å². The molecule has 8 heteroatoms. The number of fused-ring (bicyclic) bond motifs is 1. The Hall–Kier alpha value is -1.67. The fourth-order valence-corrected chi connectivity index (χ4v) is 6.44. The van der Waals surface area contributed by atoms with E-state index in [9.17, 15) is 14.4 Å². The molecule has 2 amide bonds. The maximum atomic E-state index is 13.8. The molecule has 3 saturated heterocycles. The molecule has 3 fully saturated rings. The van der Waals surface area contributed by atoms with Crippen LogP contribution >= 0.6 is 0 Å². The summed E-state index contributed by atoms with van der Waals surface area (Å²) in [6, 6.07) is -0.761. The SMILES string of the molecule is CCCC(C)NC(=O)C1N(CCCCCCO)C(=O)[C@@H]2[C@H](C(=O)OCC)[C@@]3(C)OC12CC3C. The third-order valence-electron chi connectivity index (χ3n) is 8.02. The van der Waals surface area contributed by atoms with E-state index in [4.69, 9.17) is 14.6 Å². The largest absolute Gasteiger partial charge is 0.466 e. The molecule has 1 spiro atoms. The minimum absolute atomic E-state index is 0.00748. The number of rotatable bonds is 12. The molecule has 0 saturated carbocycles. The fraction of sp³-hybridized carbons (Fsp3) is 0.880. The highest BCUT2D eigenvalue weighted by atomic mass is 16.6. The van der Waals surface area contributed by atoms with Crippen molar-refractivity contribution in [2.45, 2.75) is 103 Å². The van der Waals surface area contributed by atoms with Crippen LogP contribution in [0.25, 0.3) is 0 Å². The van der Waals surface area contributed by atoms with Crippen molar-refractivity contribution in [3.63, 3.8) is 0 Å². The number of nitrogens with one attached hydrogen (secondary N) is 1. The molecule has 0 aliphatic carbocycles. The van der Waals surface area contributed by atoms with Crippen LogP contribution in [0, 0.1) is 17.8 Å². The van der Waals surface area contributed by atoms with Gasteiger partial charge in [-0.05, 0) is 52.4 Å². The fourth-order valence-electron chi connectivity index (χ4n) is 6.44. The number of hydrogen-bond acceptors (Lipinski definition) is 6. The lowest BCUT2D eigenvalue weighted by molar-refractivity contribution is -0.161. The minimum Gasteiger partial charge on any atom is -0.466 e. The van der Waals surface area contributed by atoms with Crippen molar-refractivity contribution < 1.29 is 29.0 Å². The number of amides is 2. The normalized spacial score (nSPS) is 35.6. The second-order valence-corrected chi connectivity index (χ2v) is 10.3. The van der Waals surface area contributed by atoms with Gasteiger partial charge in [0.2, 0.25) is 11.8 Å². The number of likely N-dealkylation sites (tertiary alicyclic amines) is 1. The van der Waals surface area contributed by atoms with E-state index in [-0.39, 0.29) is 37.0 Å². The van der Waals surface area contributed by atoms with Crippen LogP contribution in [0.3, 0.4) is 0 Å². The third-order valence-corrected chi connectivity index (χ3v) is 8.02. The van der Waals surface area contributed by atoms with Gasteiger partial charge in [0.1, 0.15) is 17.6 Å². The summed E-state index contributed by atoms with van der Waals surface area (Å²) in [7, 11) is 0. The standard InChI is InChI=1S/C25H42N2O6/c1-6-12-17(4)26-21(29)20-25-15-16(3)24(5,33-25)19(23(31)32-7-2)18(25)22(30)27(20)13-10-8-9-11-14-28/h16-20,28H,6-15H2,1-5H3,(H,26,29)/t16?,17?,18-,19+,20?,24-,25?/m0/s1. The van der Waals surface area contributed by atoms with Crippen molar-refractivity contribution >= 4 is 17.8 Å². The number of aliphatic hydroxyl groups is 1. The highest BCUT2D eigenvalue weighted by Crippen LogP contribution is 2.65. The lowest BCUT2D eigenvalue weighted by Gasteiger charge is -2.36. The molecule has 0 aromatic rings. The van der Waals surface area contributed by atoms with Gasteiger partial charge in [0.25, 0.3) is 0 Å². The number of ether oxygens (including phenoxy) is 2. The Kier molecular flexibility index (Phi) is 8.10. The van der Waals surface area contributed by atoms with Crippen LogP contribution in [0.15, 0.2) is 0 Å². The molecule has 2 bridgehead atoms.